The van der Waals surface area contributed by atoms with Crippen LogP contribution in [0.1, 0.15) is 5.76 Å². The van der Waals surface area contributed by atoms with Crippen LogP contribution in [-0.2, 0) is 6.61 Å². The van der Waals surface area contributed by atoms with Crippen molar-refractivity contribution in [1.82, 2.24) is 0 Å². The Morgan fingerprint density at radius 2 is 1.81 bits per heavy atom. The Bertz CT molecular complexity index is 613. The number of rotatable bonds is 1. The summed E-state index contributed by atoms with van der Waals surface area (Å²) >= 11 is 0. The molecule has 0 saturated heterocycles. The van der Waals surface area contributed by atoms with Crippen molar-refractivity contribution in [2.24, 2.45) is 0 Å². The predicted octanol–water partition coefficient (Wildman–Crippen LogP) is 0.402. The first kappa shape index (κ1) is 10.3. The van der Waals surface area contributed by atoms with E-state index in [1.165, 1.54) is 6.07 Å². The molecular formula is C10H8O6. The Hall–Kier alpha value is -2.21. The molecule has 0 unspecified atom stereocenters. The summed E-state index contributed by atoms with van der Waals surface area (Å²) in [5, 5.41) is 36.7. The molecule has 0 aliphatic carbocycles. The first-order valence-corrected chi connectivity index (χ1v) is 4.36. The van der Waals surface area contributed by atoms with Crippen LogP contribution in [0.5, 0.6) is 17.2 Å². The van der Waals surface area contributed by atoms with Gasteiger partial charge in [0.25, 0.3) is 0 Å². The minimum atomic E-state index is -0.894. The van der Waals surface area contributed by atoms with Crippen LogP contribution in [0.3, 0.4) is 0 Å². The third-order valence-corrected chi connectivity index (χ3v) is 2.18. The number of aliphatic hydroxyl groups excluding tert-OH is 1. The average Bonchev–Trinajstić information content (AvgIpc) is 2.25. The van der Waals surface area contributed by atoms with E-state index in [9.17, 15) is 20.1 Å². The molecule has 0 atom stereocenters. The van der Waals surface area contributed by atoms with Crippen LogP contribution in [0.15, 0.2) is 21.3 Å². The van der Waals surface area contributed by atoms with Crippen molar-refractivity contribution in [3.8, 4) is 17.2 Å². The number of aromatic hydroxyl groups is 3. The molecule has 0 spiro atoms. The van der Waals surface area contributed by atoms with Gasteiger partial charge in [0.15, 0.2) is 11.5 Å². The number of aliphatic hydroxyl groups is 1. The smallest absolute Gasteiger partial charge is 0.347 e. The molecule has 0 radical (unpaired) electrons. The molecule has 16 heavy (non-hydrogen) atoms. The van der Waals surface area contributed by atoms with Crippen LogP contribution in [0, 0.1) is 0 Å². The molecular weight excluding hydrogens is 216 g/mol. The molecule has 4 N–H and O–H groups in total. The summed E-state index contributed by atoms with van der Waals surface area (Å²) in [7, 11) is 0. The molecule has 0 amide bonds. The van der Waals surface area contributed by atoms with E-state index >= 15 is 0 Å². The average molecular weight is 224 g/mol. The van der Waals surface area contributed by atoms with Gasteiger partial charge in [-0.05, 0) is 12.1 Å². The predicted molar refractivity (Wildman–Crippen MR) is 53.4 cm³/mol. The lowest BCUT2D eigenvalue weighted by atomic mass is 10.1. The molecule has 6 heteroatoms. The molecule has 0 fully saturated rings. The molecule has 0 aliphatic rings. The fraction of sp³-hybridized carbons (Fsp3) is 0.100. The van der Waals surface area contributed by atoms with Crippen LogP contribution in [0.2, 0.25) is 0 Å². The molecule has 1 aromatic heterocycles. The van der Waals surface area contributed by atoms with Gasteiger partial charge in [-0.15, -0.1) is 0 Å². The van der Waals surface area contributed by atoms with Gasteiger partial charge in [0.2, 0.25) is 5.75 Å². The van der Waals surface area contributed by atoms with Crippen LogP contribution < -0.4 is 5.63 Å². The normalized spacial score (nSPS) is 10.8. The van der Waals surface area contributed by atoms with Crippen molar-refractivity contribution < 1.29 is 24.8 Å². The lowest BCUT2D eigenvalue weighted by molar-refractivity contribution is 0.241. The van der Waals surface area contributed by atoms with E-state index in [0.717, 1.165) is 6.07 Å². The first-order chi connectivity index (χ1) is 7.54. The number of hydrogen-bond donors (Lipinski definition) is 4. The molecule has 1 heterocycles. The van der Waals surface area contributed by atoms with Gasteiger partial charge < -0.3 is 24.8 Å². The van der Waals surface area contributed by atoms with Gasteiger partial charge in [-0.3, -0.25) is 0 Å². The number of phenolic OH excluding ortho intramolecular Hbond substituents is 3. The lowest BCUT2D eigenvalue weighted by Gasteiger charge is -2.05. The minimum Gasteiger partial charge on any atom is -0.504 e. The van der Waals surface area contributed by atoms with Crippen molar-refractivity contribution in [3.63, 3.8) is 0 Å². The first-order valence-electron chi connectivity index (χ1n) is 4.36. The number of benzene rings is 1. The zero-order valence-electron chi connectivity index (χ0n) is 7.97. The molecule has 1 aromatic carbocycles. The summed E-state index contributed by atoms with van der Waals surface area (Å²) < 4.78 is 4.66. The largest absolute Gasteiger partial charge is 0.504 e. The Morgan fingerprint density at radius 1 is 1.12 bits per heavy atom. The van der Waals surface area contributed by atoms with Crippen molar-refractivity contribution in [2.45, 2.75) is 6.61 Å². The van der Waals surface area contributed by atoms with E-state index in [0.29, 0.717) is 0 Å². The summed E-state index contributed by atoms with van der Waals surface area (Å²) in [4.78, 5) is 11.4. The second-order valence-electron chi connectivity index (χ2n) is 3.22. The Kier molecular flexibility index (Phi) is 2.21. The SMILES string of the molecule is O=c1oc(CO)cc2cc(O)c(O)c(O)c12. The maximum Gasteiger partial charge on any atom is 0.347 e. The number of phenols is 3. The lowest BCUT2D eigenvalue weighted by Crippen LogP contribution is -2.02. The second kappa shape index (κ2) is 3.42. The Morgan fingerprint density at radius 3 is 2.44 bits per heavy atom. The van der Waals surface area contributed by atoms with E-state index < -0.39 is 29.5 Å². The third-order valence-electron chi connectivity index (χ3n) is 2.18. The van der Waals surface area contributed by atoms with Crippen LogP contribution >= 0.6 is 0 Å². The van der Waals surface area contributed by atoms with Crippen molar-refractivity contribution in [3.05, 3.63) is 28.3 Å². The summed E-state index contributed by atoms with van der Waals surface area (Å²) in [5.74, 6) is -2.08. The Balaban J connectivity index is 2.96. The van der Waals surface area contributed by atoms with Gasteiger partial charge in [-0.1, -0.05) is 0 Å². The molecule has 0 saturated carbocycles. The van der Waals surface area contributed by atoms with Gasteiger partial charge in [0, 0.05) is 5.39 Å². The zero-order valence-corrected chi connectivity index (χ0v) is 7.97. The van der Waals surface area contributed by atoms with Crippen molar-refractivity contribution in [1.29, 1.82) is 0 Å². The molecule has 2 rings (SSSR count). The van der Waals surface area contributed by atoms with Crippen LogP contribution in [0.4, 0.5) is 0 Å². The molecule has 0 bridgehead atoms. The van der Waals surface area contributed by atoms with Crippen LogP contribution in [0.25, 0.3) is 10.8 Å². The van der Waals surface area contributed by atoms with Crippen molar-refractivity contribution >= 4 is 10.8 Å². The summed E-state index contributed by atoms with van der Waals surface area (Å²) in [5.41, 5.74) is -0.894. The van der Waals surface area contributed by atoms with E-state index in [1.807, 2.05) is 0 Å². The molecule has 84 valence electrons. The van der Waals surface area contributed by atoms with E-state index in [2.05, 4.69) is 4.42 Å². The summed E-state index contributed by atoms with van der Waals surface area (Å²) in [6.45, 7) is -0.479. The highest BCUT2D eigenvalue weighted by Crippen LogP contribution is 2.39. The maximum absolute atomic E-state index is 11.4. The van der Waals surface area contributed by atoms with E-state index in [-0.39, 0.29) is 16.5 Å². The van der Waals surface area contributed by atoms with Crippen LogP contribution in [-0.4, -0.2) is 20.4 Å². The fourth-order valence-electron chi connectivity index (χ4n) is 1.44. The topological polar surface area (TPSA) is 111 Å². The van der Waals surface area contributed by atoms with Gasteiger partial charge in [-0.2, -0.15) is 0 Å². The van der Waals surface area contributed by atoms with Crippen molar-refractivity contribution in [2.75, 3.05) is 0 Å². The summed E-state index contributed by atoms with van der Waals surface area (Å²) in [6.07, 6.45) is 0. The number of fused-ring (bicyclic) bond motifs is 1. The quantitative estimate of drug-likeness (QED) is 0.522. The fourth-order valence-corrected chi connectivity index (χ4v) is 1.44. The molecule has 0 aliphatic heterocycles. The monoisotopic (exact) mass is 224 g/mol. The minimum absolute atomic E-state index is 0.00184. The highest BCUT2D eigenvalue weighted by Gasteiger charge is 2.15. The third kappa shape index (κ3) is 1.36. The number of hydrogen-bond acceptors (Lipinski definition) is 6. The zero-order chi connectivity index (χ0) is 11.9. The maximum atomic E-state index is 11.4. The highest BCUT2D eigenvalue weighted by molar-refractivity contribution is 5.91. The van der Waals surface area contributed by atoms with Gasteiger partial charge in [0.05, 0.1) is 0 Å². The standard InChI is InChI=1S/C10H8O6/c11-3-5-1-4-2-6(12)8(13)9(14)7(4)10(15)16-5/h1-2,11-14H,3H2. The van der Waals surface area contributed by atoms with E-state index in [1.54, 1.807) is 0 Å². The van der Waals surface area contributed by atoms with Gasteiger partial charge in [0.1, 0.15) is 17.8 Å². The Labute approximate surface area is 88.6 Å². The van der Waals surface area contributed by atoms with E-state index in [4.69, 9.17) is 5.11 Å². The molecule has 6 nitrogen and oxygen atoms in total. The second-order valence-corrected chi connectivity index (χ2v) is 3.22. The summed E-state index contributed by atoms with van der Waals surface area (Å²) in [6, 6.07) is 2.38. The molecule has 2 aromatic rings. The highest BCUT2D eigenvalue weighted by atomic mass is 16.4. The van der Waals surface area contributed by atoms with Gasteiger partial charge >= 0.3 is 5.63 Å². The van der Waals surface area contributed by atoms with Gasteiger partial charge in [-0.25, -0.2) is 4.79 Å².